The fourth-order valence-electron chi connectivity index (χ4n) is 3.27. The van der Waals surface area contributed by atoms with Gasteiger partial charge in [0.2, 0.25) is 5.88 Å². The monoisotopic (exact) mass is 376 g/mol. The Morgan fingerprint density at radius 1 is 1.12 bits per heavy atom. The Morgan fingerprint density at radius 2 is 1.85 bits per heavy atom. The molecule has 7 heteroatoms. The Hall–Kier alpha value is -1.60. The lowest BCUT2D eigenvalue weighted by Gasteiger charge is -2.31. The standard InChI is InChI=1S/C19H28N4O2S/c1-12-13(2)20-19(26-5)21-18(12)24-11-16-6-8-23(9-7-16)10-17-14(3)22-25-15(17)4/h16H,6-11H2,1-5H3. The maximum absolute atomic E-state index is 6.07. The Labute approximate surface area is 159 Å². The number of nitrogens with zero attached hydrogens (tertiary/aromatic N) is 4. The zero-order chi connectivity index (χ0) is 18.7. The highest BCUT2D eigenvalue weighted by molar-refractivity contribution is 7.98. The Balaban J connectivity index is 1.51. The molecular formula is C19H28N4O2S. The molecule has 2 aromatic rings. The molecule has 3 heterocycles. The second-order valence-corrected chi connectivity index (χ2v) is 7.83. The van der Waals surface area contributed by atoms with Gasteiger partial charge in [0.25, 0.3) is 0 Å². The van der Waals surface area contributed by atoms with Crippen LogP contribution in [-0.2, 0) is 6.54 Å². The molecule has 1 aliphatic heterocycles. The molecule has 0 N–H and O–H groups in total. The lowest BCUT2D eigenvalue weighted by atomic mass is 9.97. The highest BCUT2D eigenvalue weighted by Crippen LogP contribution is 2.25. The van der Waals surface area contributed by atoms with E-state index in [0.717, 1.165) is 72.8 Å². The van der Waals surface area contributed by atoms with Gasteiger partial charge in [-0.2, -0.15) is 4.98 Å². The predicted octanol–water partition coefficient (Wildman–Crippen LogP) is 3.71. The van der Waals surface area contributed by atoms with E-state index in [-0.39, 0.29) is 0 Å². The average Bonchev–Trinajstić information content (AvgIpc) is 2.96. The minimum absolute atomic E-state index is 0.573. The second kappa shape index (κ2) is 8.39. The molecule has 26 heavy (non-hydrogen) atoms. The van der Waals surface area contributed by atoms with Crippen LogP contribution in [0.25, 0.3) is 0 Å². The minimum Gasteiger partial charge on any atom is -0.477 e. The summed E-state index contributed by atoms with van der Waals surface area (Å²) in [6.45, 7) is 11.9. The maximum Gasteiger partial charge on any atom is 0.220 e. The number of hydrogen-bond donors (Lipinski definition) is 0. The van der Waals surface area contributed by atoms with Crippen LogP contribution in [0, 0.1) is 33.6 Å². The summed E-state index contributed by atoms with van der Waals surface area (Å²) in [4.78, 5) is 11.5. The minimum atomic E-state index is 0.573. The average molecular weight is 377 g/mol. The predicted molar refractivity (Wildman–Crippen MR) is 103 cm³/mol. The number of piperidine rings is 1. The molecule has 0 radical (unpaired) electrons. The van der Waals surface area contributed by atoms with Gasteiger partial charge in [-0.15, -0.1) is 0 Å². The summed E-state index contributed by atoms with van der Waals surface area (Å²) in [7, 11) is 0. The van der Waals surface area contributed by atoms with Crippen molar-refractivity contribution < 1.29 is 9.26 Å². The van der Waals surface area contributed by atoms with Gasteiger partial charge in [0.05, 0.1) is 12.3 Å². The maximum atomic E-state index is 6.07. The van der Waals surface area contributed by atoms with Crippen molar-refractivity contribution in [3.63, 3.8) is 0 Å². The van der Waals surface area contributed by atoms with Crippen LogP contribution in [0.5, 0.6) is 5.88 Å². The fourth-order valence-corrected chi connectivity index (χ4v) is 3.67. The van der Waals surface area contributed by atoms with Gasteiger partial charge < -0.3 is 9.26 Å². The van der Waals surface area contributed by atoms with Gasteiger partial charge in [-0.25, -0.2) is 4.98 Å². The van der Waals surface area contributed by atoms with Crippen LogP contribution in [0.1, 0.15) is 41.1 Å². The van der Waals surface area contributed by atoms with Crippen molar-refractivity contribution in [2.24, 2.45) is 5.92 Å². The number of likely N-dealkylation sites (tertiary alicyclic amines) is 1. The van der Waals surface area contributed by atoms with Gasteiger partial charge in [-0.05, 0) is 65.8 Å². The summed E-state index contributed by atoms with van der Waals surface area (Å²) in [5.41, 5.74) is 4.27. The first-order chi connectivity index (χ1) is 12.5. The molecule has 2 aromatic heterocycles. The van der Waals surface area contributed by atoms with E-state index in [2.05, 4.69) is 20.0 Å². The summed E-state index contributed by atoms with van der Waals surface area (Å²) < 4.78 is 11.3. The number of aryl methyl sites for hydroxylation is 3. The van der Waals surface area contributed by atoms with E-state index in [1.807, 2.05) is 34.0 Å². The van der Waals surface area contributed by atoms with Crippen LogP contribution in [0.3, 0.4) is 0 Å². The molecular weight excluding hydrogens is 348 g/mol. The van der Waals surface area contributed by atoms with Gasteiger partial charge in [-0.3, -0.25) is 4.90 Å². The Bertz CT molecular complexity index is 735. The van der Waals surface area contributed by atoms with Crippen LogP contribution in [0.4, 0.5) is 0 Å². The molecule has 0 bridgehead atoms. The molecule has 0 spiro atoms. The summed E-state index contributed by atoms with van der Waals surface area (Å²) >= 11 is 1.55. The molecule has 6 nitrogen and oxygen atoms in total. The number of ether oxygens (including phenoxy) is 1. The first-order valence-electron chi connectivity index (χ1n) is 9.14. The first kappa shape index (κ1) is 19.2. The largest absolute Gasteiger partial charge is 0.477 e. The molecule has 0 amide bonds. The molecule has 0 aromatic carbocycles. The summed E-state index contributed by atoms with van der Waals surface area (Å²) in [6, 6.07) is 0. The third-order valence-electron chi connectivity index (χ3n) is 5.23. The van der Waals surface area contributed by atoms with Gasteiger partial charge in [0.1, 0.15) is 5.76 Å². The zero-order valence-electron chi connectivity index (χ0n) is 16.3. The van der Waals surface area contributed by atoms with Crippen LogP contribution < -0.4 is 4.74 Å². The number of thioether (sulfide) groups is 1. The second-order valence-electron chi connectivity index (χ2n) is 7.06. The molecule has 3 rings (SSSR count). The van der Waals surface area contributed by atoms with Crippen molar-refractivity contribution in [1.82, 2.24) is 20.0 Å². The number of hydrogen-bond acceptors (Lipinski definition) is 7. The third kappa shape index (κ3) is 4.38. The molecule has 1 aliphatic rings. The molecule has 142 valence electrons. The third-order valence-corrected chi connectivity index (χ3v) is 5.78. The van der Waals surface area contributed by atoms with Crippen molar-refractivity contribution in [2.75, 3.05) is 26.0 Å². The highest BCUT2D eigenvalue weighted by atomic mass is 32.2. The van der Waals surface area contributed by atoms with E-state index in [1.54, 1.807) is 11.8 Å². The lowest BCUT2D eigenvalue weighted by molar-refractivity contribution is 0.133. The smallest absolute Gasteiger partial charge is 0.220 e. The van der Waals surface area contributed by atoms with Crippen molar-refractivity contribution in [3.05, 3.63) is 28.3 Å². The first-order valence-corrected chi connectivity index (χ1v) is 10.4. The summed E-state index contributed by atoms with van der Waals surface area (Å²) in [5, 5.41) is 4.83. The van der Waals surface area contributed by atoms with Gasteiger partial charge >= 0.3 is 0 Å². The lowest BCUT2D eigenvalue weighted by Crippen LogP contribution is -2.35. The van der Waals surface area contributed by atoms with Crippen molar-refractivity contribution in [1.29, 1.82) is 0 Å². The van der Waals surface area contributed by atoms with Crippen molar-refractivity contribution in [3.8, 4) is 5.88 Å². The van der Waals surface area contributed by atoms with Crippen molar-refractivity contribution >= 4 is 11.8 Å². The van der Waals surface area contributed by atoms with Crippen LogP contribution in [0.15, 0.2) is 9.68 Å². The van der Waals surface area contributed by atoms with E-state index >= 15 is 0 Å². The fraction of sp³-hybridized carbons (Fsp3) is 0.632. The molecule has 0 saturated carbocycles. The van der Waals surface area contributed by atoms with Gasteiger partial charge in [0, 0.05) is 23.4 Å². The summed E-state index contributed by atoms with van der Waals surface area (Å²) in [5.74, 6) is 2.25. The molecule has 0 atom stereocenters. The Morgan fingerprint density at radius 3 is 2.46 bits per heavy atom. The number of rotatable bonds is 6. The SMILES string of the molecule is CSc1nc(C)c(C)c(OCC2CCN(Cc3c(C)noc3C)CC2)n1. The highest BCUT2D eigenvalue weighted by Gasteiger charge is 2.22. The van der Waals surface area contributed by atoms with Crippen molar-refractivity contribution in [2.45, 2.75) is 52.2 Å². The van der Waals surface area contributed by atoms with Crippen LogP contribution in [0.2, 0.25) is 0 Å². The van der Waals surface area contributed by atoms with Crippen LogP contribution in [-0.4, -0.2) is 46.0 Å². The molecule has 1 saturated heterocycles. The summed E-state index contributed by atoms with van der Waals surface area (Å²) in [6.07, 6.45) is 4.27. The van der Waals surface area contributed by atoms with Gasteiger partial charge in [-0.1, -0.05) is 16.9 Å². The molecule has 0 aliphatic carbocycles. The zero-order valence-corrected chi connectivity index (χ0v) is 17.2. The van der Waals surface area contributed by atoms with Crippen LogP contribution >= 0.6 is 11.8 Å². The molecule has 1 fully saturated rings. The van der Waals surface area contributed by atoms with E-state index in [4.69, 9.17) is 9.26 Å². The van der Waals surface area contributed by atoms with Gasteiger partial charge in [0.15, 0.2) is 5.16 Å². The van der Waals surface area contributed by atoms with E-state index in [0.29, 0.717) is 5.92 Å². The van der Waals surface area contributed by atoms with E-state index < -0.39 is 0 Å². The quantitative estimate of drug-likeness (QED) is 0.562. The van der Waals surface area contributed by atoms with E-state index in [1.165, 1.54) is 5.56 Å². The molecule has 0 unspecified atom stereocenters. The normalized spacial score (nSPS) is 16.2. The number of aromatic nitrogens is 3. The van der Waals surface area contributed by atoms with E-state index in [9.17, 15) is 0 Å². The Kier molecular flexibility index (Phi) is 6.19. The topological polar surface area (TPSA) is 64.3 Å².